The van der Waals surface area contributed by atoms with Crippen molar-refractivity contribution in [1.82, 2.24) is 0 Å². The Morgan fingerprint density at radius 3 is 2.50 bits per heavy atom. The molecule has 0 aromatic heterocycles. The molecule has 0 heterocycles. The molecule has 0 saturated heterocycles. The Kier molecular flexibility index (Phi) is 3.57. The van der Waals surface area contributed by atoms with E-state index in [1.165, 1.54) is 12.1 Å². The van der Waals surface area contributed by atoms with Gasteiger partial charge in [-0.2, -0.15) is 0 Å². The molecule has 0 atom stereocenters. The molecule has 0 aliphatic carbocycles. The maximum Gasteiger partial charge on any atom is 0.338 e. The van der Waals surface area contributed by atoms with Gasteiger partial charge in [0.25, 0.3) is 0 Å². The molecule has 0 saturated carbocycles. The van der Waals surface area contributed by atoms with E-state index in [4.69, 9.17) is 5.11 Å². The Hall–Kier alpha value is -2.36. The lowest BCUT2D eigenvalue weighted by molar-refractivity contribution is 0.0692. The number of halogens is 1. The molecule has 0 unspecified atom stereocenters. The van der Waals surface area contributed by atoms with Crippen molar-refractivity contribution in [3.8, 4) is 0 Å². The monoisotopic (exact) mass is 245 g/mol. The van der Waals surface area contributed by atoms with Gasteiger partial charge in [0.1, 0.15) is 5.82 Å². The number of hydrogen-bond acceptors (Lipinski definition) is 2. The Bertz CT molecular complexity index is 555. The van der Waals surface area contributed by atoms with E-state index < -0.39 is 11.8 Å². The number of rotatable bonds is 4. The number of benzene rings is 2. The minimum atomic E-state index is -1.25. The predicted molar refractivity (Wildman–Crippen MR) is 67.1 cm³/mol. The number of hydrogen-bond donors (Lipinski definition) is 2. The second kappa shape index (κ2) is 5.31. The maximum absolute atomic E-state index is 13.4. The first-order valence-electron chi connectivity index (χ1n) is 5.47. The van der Waals surface area contributed by atoms with E-state index in [1.54, 1.807) is 6.07 Å². The van der Waals surface area contributed by atoms with E-state index in [0.717, 1.165) is 5.69 Å². The van der Waals surface area contributed by atoms with Crippen molar-refractivity contribution < 1.29 is 14.3 Å². The van der Waals surface area contributed by atoms with Gasteiger partial charge >= 0.3 is 5.97 Å². The zero-order chi connectivity index (χ0) is 13.0. The molecule has 2 rings (SSSR count). The summed E-state index contributed by atoms with van der Waals surface area (Å²) in [6.45, 7) is 0.445. The van der Waals surface area contributed by atoms with Gasteiger partial charge in [0.15, 0.2) is 0 Å². The Morgan fingerprint density at radius 2 is 1.89 bits per heavy atom. The van der Waals surface area contributed by atoms with Crippen LogP contribution in [0, 0.1) is 5.82 Å². The SMILES string of the molecule is O=C(O)c1ccc(CNc2ccccc2)cc1F. The number of nitrogens with one attached hydrogen (secondary N) is 1. The number of anilines is 1. The second-order valence-electron chi connectivity index (χ2n) is 3.84. The first-order valence-corrected chi connectivity index (χ1v) is 5.47. The Balaban J connectivity index is 2.07. The Morgan fingerprint density at radius 1 is 1.17 bits per heavy atom. The lowest BCUT2D eigenvalue weighted by Crippen LogP contribution is -2.04. The van der Waals surface area contributed by atoms with Gasteiger partial charge in [-0.3, -0.25) is 0 Å². The molecule has 2 aromatic rings. The van der Waals surface area contributed by atoms with E-state index in [0.29, 0.717) is 12.1 Å². The molecule has 0 amide bonds. The van der Waals surface area contributed by atoms with E-state index in [2.05, 4.69) is 5.32 Å². The highest BCUT2D eigenvalue weighted by molar-refractivity contribution is 5.87. The number of carboxylic acids is 1. The quantitative estimate of drug-likeness (QED) is 0.870. The van der Waals surface area contributed by atoms with Gasteiger partial charge in [0, 0.05) is 12.2 Å². The van der Waals surface area contributed by atoms with Crippen molar-refractivity contribution in [2.24, 2.45) is 0 Å². The van der Waals surface area contributed by atoms with Crippen molar-refractivity contribution in [2.45, 2.75) is 6.54 Å². The first kappa shape index (κ1) is 12.1. The van der Waals surface area contributed by atoms with Gasteiger partial charge in [-0.25, -0.2) is 9.18 Å². The van der Waals surface area contributed by atoms with Crippen LogP contribution in [0.5, 0.6) is 0 Å². The van der Waals surface area contributed by atoms with Crippen LogP contribution in [-0.4, -0.2) is 11.1 Å². The number of carbonyl (C=O) groups is 1. The lowest BCUT2D eigenvalue weighted by Gasteiger charge is -2.07. The van der Waals surface area contributed by atoms with Crippen molar-refractivity contribution in [3.63, 3.8) is 0 Å². The predicted octanol–water partition coefficient (Wildman–Crippen LogP) is 3.14. The van der Waals surface area contributed by atoms with Crippen molar-refractivity contribution in [2.75, 3.05) is 5.32 Å². The molecular formula is C14H12FNO2. The highest BCUT2D eigenvalue weighted by Crippen LogP contribution is 2.13. The number of para-hydroxylation sites is 1. The summed E-state index contributed by atoms with van der Waals surface area (Å²) < 4.78 is 13.4. The molecule has 0 aliphatic heterocycles. The molecule has 0 bridgehead atoms. The highest BCUT2D eigenvalue weighted by Gasteiger charge is 2.09. The van der Waals surface area contributed by atoms with Crippen LogP contribution in [0.2, 0.25) is 0 Å². The van der Waals surface area contributed by atoms with Gasteiger partial charge in [-0.05, 0) is 29.8 Å². The van der Waals surface area contributed by atoms with Gasteiger partial charge in [0.2, 0.25) is 0 Å². The molecule has 0 aliphatic rings. The molecule has 0 fully saturated rings. The van der Waals surface area contributed by atoms with Crippen LogP contribution in [0.4, 0.5) is 10.1 Å². The van der Waals surface area contributed by atoms with Crippen LogP contribution < -0.4 is 5.32 Å². The summed E-state index contributed by atoms with van der Waals surface area (Å²) in [7, 11) is 0. The van der Waals surface area contributed by atoms with Crippen molar-refractivity contribution in [3.05, 3.63) is 65.5 Å². The summed E-state index contributed by atoms with van der Waals surface area (Å²) in [4.78, 5) is 10.7. The van der Waals surface area contributed by atoms with Crippen molar-refractivity contribution in [1.29, 1.82) is 0 Å². The fourth-order valence-corrected chi connectivity index (χ4v) is 1.60. The second-order valence-corrected chi connectivity index (χ2v) is 3.84. The van der Waals surface area contributed by atoms with Gasteiger partial charge in [-0.1, -0.05) is 24.3 Å². The molecule has 0 radical (unpaired) electrons. The molecule has 2 aromatic carbocycles. The third kappa shape index (κ3) is 2.85. The van der Waals surface area contributed by atoms with Crippen LogP contribution in [-0.2, 0) is 6.54 Å². The summed E-state index contributed by atoms with van der Waals surface area (Å²) in [5.74, 6) is -1.97. The van der Waals surface area contributed by atoms with Gasteiger partial charge < -0.3 is 10.4 Å². The van der Waals surface area contributed by atoms with E-state index in [1.807, 2.05) is 30.3 Å². The molecule has 3 nitrogen and oxygen atoms in total. The zero-order valence-corrected chi connectivity index (χ0v) is 9.56. The van der Waals surface area contributed by atoms with E-state index >= 15 is 0 Å². The smallest absolute Gasteiger partial charge is 0.338 e. The fraction of sp³-hybridized carbons (Fsp3) is 0.0714. The zero-order valence-electron chi connectivity index (χ0n) is 9.56. The largest absolute Gasteiger partial charge is 0.478 e. The highest BCUT2D eigenvalue weighted by atomic mass is 19.1. The molecule has 2 N–H and O–H groups in total. The van der Waals surface area contributed by atoms with Crippen LogP contribution in [0.15, 0.2) is 48.5 Å². The summed E-state index contributed by atoms with van der Waals surface area (Å²) in [5, 5.41) is 11.8. The topological polar surface area (TPSA) is 49.3 Å². The summed E-state index contributed by atoms with van der Waals surface area (Å²) in [5.41, 5.74) is 1.32. The molecule has 4 heteroatoms. The standard InChI is InChI=1S/C14H12FNO2/c15-13-8-10(6-7-12(13)14(17)18)9-16-11-4-2-1-3-5-11/h1-8,16H,9H2,(H,17,18). The lowest BCUT2D eigenvalue weighted by atomic mass is 10.1. The third-order valence-corrected chi connectivity index (χ3v) is 2.53. The normalized spacial score (nSPS) is 10.1. The summed E-state index contributed by atoms with van der Waals surface area (Å²) >= 11 is 0. The van der Waals surface area contributed by atoms with Gasteiger partial charge in [-0.15, -0.1) is 0 Å². The summed E-state index contributed by atoms with van der Waals surface area (Å²) in [6, 6.07) is 13.6. The van der Waals surface area contributed by atoms with E-state index in [-0.39, 0.29) is 5.56 Å². The third-order valence-electron chi connectivity index (χ3n) is 2.53. The number of carboxylic acid groups (broad SMARTS) is 1. The minimum Gasteiger partial charge on any atom is -0.478 e. The molecular weight excluding hydrogens is 233 g/mol. The van der Waals surface area contributed by atoms with Crippen LogP contribution >= 0.6 is 0 Å². The molecule has 0 spiro atoms. The number of aromatic carboxylic acids is 1. The van der Waals surface area contributed by atoms with Crippen molar-refractivity contribution >= 4 is 11.7 Å². The average molecular weight is 245 g/mol. The van der Waals surface area contributed by atoms with Crippen LogP contribution in [0.3, 0.4) is 0 Å². The molecule has 18 heavy (non-hydrogen) atoms. The Labute approximate surface area is 104 Å². The van der Waals surface area contributed by atoms with Crippen LogP contribution in [0.25, 0.3) is 0 Å². The van der Waals surface area contributed by atoms with Crippen LogP contribution in [0.1, 0.15) is 15.9 Å². The molecule has 92 valence electrons. The first-order chi connectivity index (χ1) is 8.66. The average Bonchev–Trinajstić information content (AvgIpc) is 2.37. The minimum absolute atomic E-state index is 0.307. The maximum atomic E-state index is 13.4. The van der Waals surface area contributed by atoms with Gasteiger partial charge in [0.05, 0.1) is 5.56 Å². The summed E-state index contributed by atoms with van der Waals surface area (Å²) in [6.07, 6.45) is 0. The fourth-order valence-electron chi connectivity index (χ4n) is 1.60. The van der Waals surface area contributed by atoms with E-state index in [9.17, 15) is 9.18 Å².